The molecule has 8 nitrogen and oxygen atoms in total. The Labute approximate surface area is 131 Å². The van der Waals surface area contributed by atoms with Crippen molar-refractivity contribution in [1.82, 2.24) is 5.43 Å². The predicted octanol–water partition coefficient (Wildman–Crippen LogP) is 2.07. The molecule has 0 atom stereocenters. The van der Waals surface area contributed by atoms with Gasteiger partial charge in [0.05, 0.1) is 18.2 Å². The first-order valence-electron chi connectivity index (χ1n) is 6.46. The summed E-state index contributed by atoms with van der Waals surface area (Å²) in [6.07, 6.45) is 1.30. The van der Waals surface area contributed by atoms with Gasteiger partial charge in [-0.2, -0.15) is 5.10 Å². The molecule has 0 aliphatic carbocycles. The molecule has 118 valence electrons. The molecule has 1 amide bonds. The number of ether oxygens (including phenoxy) is 1. The van der Waals surface area contributed by atoms with Gasteiger partial charge in [0.15, 0.2) is 11.5 Å². The first-order chi connectivity index (χ1) is 11.0. The molecular formula is C15H13N3O5. The molecule has 23 heavy (non-hydrogen) atoms. The number of hydrogen-bond acceptors (Lipinski definition) is 6. The molecular weight excluding hydrogens is 302 g/mol. The Bertz CT molecular complexity index is 773. The van der Waals surface area contributed by atoms with Crippen LogP contribution in [0.3, 0.4) is 0 Å². The fourth-order valence-corrected chi connectivity index (χ4v) is 1.84. The average Bonchev–Trinajstić information content (AvgIpc) is 2.55. The lowest BCUT2D eigenvalue weighted by Gasteiger charge is -2.03. The second kappa shape index (κ2) is 7.03. The quantitative estimate of drug-likeness (QED) is 0.498. The van der Waals surface area contributed by atoms with Crippen molar-refractivity contribution in [2.75, 3.05) is 7.11 Å². The van der Waals surface area contributed by atoms with Crippen LogP contribution in [0.4, 0.5) is 5.69 Å². The van der Waals surface area contributed by atoms with Gasteiger partial charge in [0, 0.05) is 6.07 Å². The van der Waals surface area contributed by atoms with Gasteiger partial charge in [-0.3, -0.25) is 14.9 Å². The minimum Gasteiger partial charge on any atom is -0.504 e. The highest BCUT2D eigenvalue weighted by Crippen LogP contribution is 2.25. The van der Waals surface area contributed by atoms with E-state index in [-0.39, 0.29) is 17.0 Å². The number of phenols is 1. The number of hydrogen-bond donors (Lipinski definition) is 2. The smallest absolute Gasteiger partial charge is 0.282 e. The predicted molar refractivity (Wildman–Crippen MR) is 82.8 cm³/mol. The van der Waals surface area contributed by atoms with Crippen LogP contribution in [0, 0.1) is 10.1 Å². The summed E-state index contributed by atoms with van der Waals surface area (Å²) in [5.41, 5.74) is 2.33. The lowest BCUT2D eigenvalue weighted by molar-refractivity contribution is -0.385. The molecule has 0 fully saturated rings. The number of rotatable bonds is 5. The molecule has 0 aliphatic rings. The molecule has 2 aromatic rings. The number of carbonyl (C=O) groups excluding carboxylic acids is 1. The maximum absolute atomic E-state index is 11.9. The zero-order valence-electron chi connectivity index (χ0n) is 12.1. The highest BCUT2D eigenvalue weighted by molar-refractivity contribution is 5.98. The van der Waals surface area contributed by atoms with Gasteiger partial charge < -0.3 is 9.84 Å². The van der Waals surface area contributed by atoms with Crippen molar-refractivity contribution in [1.29, 1.82) is 0 Å². The Morgan fingerprint density at radius 1 is 1.35 bits per heavy atom. The summed E-state index contributed by atoms with van der Waals surface area (Å²) in [6.45, 7) is 0. The van der Waals surface area contributed by atoms with E-state index in [2.05, 4.69) is 10.5 Å². The third kappa shape index (κ3) is 3.82. The molecule has 0 saturated heterocycles. The number of hydrazone groups is 1. The maximum atomic E-state index is 11.9. The second-order valence-corrected chi connectivity index (χ2v) is 4.40. The van der Waals surface area contributed by atoms with Crippen molar-refractivity contribution >= 4 is 17.8 Å². The molecule has 0 bridgehead atoms. The summed E-state index contributed by atoms with van der Waals surface area (Å²) < 4.78 is 4.91. The molecule has 0 aromatic heterocycles. The van der Waals surface area contributed by atoms with Crippen molar-refractivity contribution in [2.24, 2.45) is 5.10 Å². The summed E-state index contributed by atoms with van der Waals surface area (Å²) in [5.74, 6) is -0.459. The zero-order valence-corrected chi connectivity index (χ0v) is 12.1. The summed E-state index contributed by atoms with van der Waals surface area (Å²) in [7, 11) is 1.43. The number of methoxy groups -OCH3 is 1. The Morgan fingerprint density at radius 2 is 2.09 bits per heavy atom. The molecule has 2 aromatic carbocycles. The van der Waals surface area contributed by atoms with E-state index in [9.17, 15) is 20.0 Å². The van der Waals surface area contributed by atoms with Gasteiger partial charge in [-0.25, -0.2) is 5.43 Å². The third-order valence-corrected chi connectivity index (χ3v) is 2.93. The summed E-state index contributed by atoms with van der Waals surface area (Å²) in [6, 6.07) is 10.1. The van der Waals surface area contributed by atoms with Crippen LogP contribution in [0.15, 0.2) is 47.6 Å². The fourth-order valence-electron chi connectivity index (χ4n) is 1.84. The van der Waals surface area contributed by atoms with E-state index in [0.29, 0.717) is 11.3 Å². The maximum Gasteiger partial charge on any atom is 0.282 e. The summed E-state index contributed by atoms with van der Waals surface area (Å²) in [4.78, 5) is 22.2. The van der Waals surface area contributed by atoms with Crippen LogP contribution in [-0.2, 0) is 0 Å². The molecule has 0 heterocycles. The normalized spacial score (nSPS) is 10.5. The van der Waals surface area contributed by atoms with Crippen molar-refractivity contribution in [3.05, 3.63) is 63.7 Å². The lowest BCUT2D eigenvalue weighted by Crippen LogP contribution is -2.18. The van der Waals surface area contributed by atoms with Crippen molar-refractivity contribution < 1.29 is 19.6 Å². The average molecular weight is 315 g/mol. The number of nitrogens with one attached hydrogen (secondary N) is 1. The third-order valence-electron chi connectivity index (χ3n) is 2.93. The van der Waals surface area contributed by atoms with Gasteiger partial charge in [-0.05, 0) is 29.8 Å². The molecule has 2 N–H and O–H groups in total. The topological polar surface area (TPSA) is 114 Å². The van der Waals surface area contributed by atoms with Gasteiger partial charge in [-0.15, -0.1) is 0 Å². The number of nitro benzene ring substituents is 1. The van der Waals surface area contributed by atoms with Crippen molar-refractivity contribution in [3.63, 3.8) is 0 Å². The minimum atomic E-state index is -0.703. The molecule has 2 rings (SSSR count). The van der Waals surface area contributed by atoms with E-state index in [0.717, 1.165) is 0 Å². The first-order valence-corrected chi connectivity index (χ1v) is 6.46. The largest absolute Gasteiger partial charge is 0.504 e. The number of amides is 1. The number of carbonyl (C=O) groups is 1. The molecule has 0 aliphatic heterocycles. The van der Waals surface area contributed by atoms with Crippen molar-refractivity contribution in [2.45, 2.75) is 0 Å². The van der Waals surface area contributed by atoms with Crippen LogP contribution in [0.2, 0.25) is 0 Å². The Hall–Kier alpha value is -3.42. The van der Waals surface area contributed by atoms with E-state index < -0.39 is 10.8 Å². The second-order valence-electron chi connectivity index (χ2n) is 4.40. The molecule has 0 unspecified atom stereocenters. The van der Waals surface area contributed by atoms with E-state index in [1.807, 2.05) is 0 Å². The SMILES string of the molecule is COc1ccc(/C=N/NC(=O)c2ccccc2[N+](=O)[O-])cc1O. The zero-order chi connectivity index (χ0) is 16.8. The standard InChI is InChI=1S/C15H13N3O5/c1-23-14-7-6-10(8-13(14)19)9-16-17-15(20)11-4-2-3-5-12(11)18(21)22/h2-9,19H,1H3,(H,17,20)/b16-9+. The summed E-state index contributed by atoms with van der Waals surface area (Å²) in [5, 5.41) is 24.2. The Morgan fingerprint density at radius 3 is 2.74 bits per heavy atom. The Balaban J connectivity index is 2.10. The number of aromatic hydroxyl groups is 1. The van der Waals surface area contributed by atoms with Crippen LogP contribution in [-0.4, -0.2) is 29.3 Å². The highest BCUT2D eigenvalue weighted by atomic mass is 16.6. The number of para-hydroxylation sites is 1. The Kier molecular flexibility index (Phi) is 4.88. The van der Waals surface area contributed by atoms with E-state index in [1.165, 1.54) is 43.7 Å². The van der Waals surface area contributed by atoms with Gasteiger partial charge in [0.1, 0.15) is 5.56 Å². The van der Waals surface area contributed by atoms with E-state index in [1.54, 1.807) is 12.1 Å². The van der Waals surface area contributed by atoms with E-state index >= 15 is 0 Å². The number of benzene rings is 2. The molecule has 0 radical (unpaired) electrons. The number of phenolic OH excluding ortho intramolecular Hbond substituents is 1. The molecule has 0 saturated carbocycles. The van der Waals surface area contributed by atoms with Gasteiger partial charge in [0.2, 0.25) is 0 Å². The minimum absolute atomic E-state index is 0.0681. The molecule has 0 spiro atoms. The van der Waals surface area contributed by atoms with Gasteiger partial charge in [0.25, 0.3) is 11.6 Å². The summed E-state index contributed by atoms with van der Waals surface area (Å²) >= 11 is 0. The fraction of sp³-hybridized carbons (Fsp3) is 0.0667. The van der Waals surface area contributed by atoms with Crippen LogP contribution in [0.25, 0.3) is 0 Å². The van der Waals surface area contributed by atoms with Gasteiger partial charge >= 0.3 is 0 Å². The molecule has 8 heteroatoms. The highest BCUT2D eigenvalue weighted by Gasteiger charge is 2.18. The number of nitro groups is 1. The van der Waals surface area contributed by atoms with Crippen LogP contribution in [0.5, 0.6) is 11.5 Å². The monoisotopic (exact) mass is 315 g/mol. The first kappa shape index (κ1) is 16.0. The van der Waals surface area contributed by atoms with E-state index in [4.69, 9.17) is 4.74 Å². The van der Waals surface area contributed by atoms with Crippen molar-refractivity contribution in [3.8, 4) is 11.5 Å². The van der Waals surface area contributed by atoms with Crippen LogP contribution < -0.4 is 10.2 Å². The van der Waals surface area contributed by atoms with Crippen LogP contribution in [0.1, 0.15) is 15.9 Å². The number of nitrogens with zero attached hydrogens (tertiary/aromatic N) is 2. The van der Waals surface area contributed by atoms with Crippen LogP contribution >= 0.6 is 0 Å². The van der Waals surface area contributed by atoms with Gasteiger partial charge in [-0.1, -0.05) is 12.1 Å². The lowest BCUT2D eigenvalue weighted by atomic mass is 10.2.